The smallest absolute Gasteiger partial charge is 0.340 e. The van der Waals surface area contributed by atoms with Crippen molar-refractivity contribution in [3.8, 4) is 11.8 Å². The molecule has 0 saturated heterocycles. The molecule has 1 heterocycles. The predicted molar refractivity (Wildman–Crippen MR) is 99.4 cm³/mol. The summed E-state index contributed by atoms with van der Waals surface area (Å²) in [4.78, 5) is 23.9. The van der Waals surface area contributed by atoms with E-state index < -0.39 is 5.97 Å². The van der Waals surface area contributed by atoms with Gasteiger partial charge in [0.15, 0.2) is 0 Å². The number of benzene rings is 1. The first-order valence-corrected chi connectivity index (χ1v) is 8.97. The Labute approximate surface area is 159 Å². The number of methoxy groups -OCH3 is 1. The zero-order valence-electron chi connectivity index (χ0n) is 16.5. The van der Waals surface area contributed by atoms with Crippen LogP contribution < -0.4 is 4.74 Å². The van der Waals surface area contributed by atoms with Crippen molar-refractivity contribution in [1.82, 2.24) is 0 Å². The fraction of sp³-hybridized carbons (Fsp3) is 0.476. The van der Waals surface area contributed by atoms with E-state index in [1.54, 1.807) is 14.0 Å². The maximum absolute atomic E-state index is 12.1. The summed E-state index contributed by atoms with van der Waals surface area (Å²) in [5.41, 5.74) is 3.85. The van der Waals surface area contributed by atoms with Crippen LogP contribution in [0.15, 0.2) is 11.6 Å². The van der Waals surface area contributed by atoms with Gasteiger partial charge in [0.25, 0.3) is 0 Å². The lowest BCUT2D eigenvalue weighted by atomic mass is 9.90. The van der Waals surface area contributed by atoms with Crippen molar-refractivity contribution < 1.29 is 23.8 Å². The van der Waals surface area contributed by atoms with Crippen molar-refractivity contribution in [3.63, 3.8) is 0 Å². The van der Waals surface area contributed by atoms with Gasteiger partial charge in [-0.1, -0.05) is 18.6 Å². The minimum atomic E-state index is -0.467. The maximum Gasteiger partial charge on any atom is 0.340 e. The molecule has 1 aliphatic heterocycles. The number of cyclic esters (lactones) is 1. The van der Waals surface area contributed by atoms with Gasteiger partial charge in [-0.25, -0.2) is 4.79 Å². The van der Waals surface area contributed by atoms with Gasteiger partial charge in [0.05, 0.1) is 30.8 Å². The number of carbonyl (C=O) groups excluding carboxylic acids is 2. The van der Waals surface area contributed by atoms with Crippen molar-refractivity contribution in [2.75, 3.05) is 13.7 Å². The van der Waals surface area contributed by atoms with Gasteiger partial charge in [-0.2, -0.15) is 5.26 Å². The molecule has 0 aliphatic carbocycles. The van der Waals surface area contributed by atoms with Crippen LogP contribution in [0.3, 0.4) is 0 Å². The Morgan fingerprint density at radius 2 is 2.15 bits per heavy atom. The molecule has 6 heteroatoms. The molecular weight excluding hydrogens is 346 g/mol. The van der Waals surface area contributed by atoms with E-state index in [4.69, 9.17) is 14.2 Å². The van der Waals surface area contributed by atoms with Gasteiger partial charge in [0, 0.05) is 11.1 Å². The number of hydrogen-bond donors (Lipinski definition) is 0. The minimum Gasteiger partial charge on any atom is -0.496 e. The average Bonchev–Trinajstić information content (AvgIpc) is 3.02. The highest BCUT2D eigenvalue weighted by molar-refractivity contribution is 5.97. The van der Waals surface area contributed by atoms with Crippen LogP contribution in [0.25, 0.3) is 0 Å². The van der Waals surface area contributed by atoms with E-state index >= 15 is 0 Å². The SMILES string of the molecule is CCOC(=O)C(C)C/C(C)=C/Cc1c(C#N)c2c(c(C)c1OC)COC2=O. The molecule has 0 bridgehead atoms. The minimum absolute atomic E-state index is 0.164. The van der Waals surface area contributed by atoms with Crippen molar-refractivity contribution in [2.24, 2.45) is 5.92 Å². The molecule has 0 spiro atoms. The highest BCUT2D eigenvalue weighted by Gasteiger charge is 2.31. The summed E-state index contributed by atoms with van der Waals surface area (Å²) in [7, 11) is 1.55. The Morgan fingerprint density at radius 1 is 1.44 bits per heavy atom. The quantitative estimate of drug-likeness (QED) is 0.537. The number of allylic oxidation sites excluding steroid dienone is 2. The predicted octanol–water partition coefficient (Wildman–Crippen LogP) is 3.62. The Kier molecular flexibility index (Phi) is 6.62. The molecule has 0 radical (unpaired) electrons. The van der Waals surface area contributed by atoms with E-state index in [0.717, 1.165) is 11.1 Å². The molecule has 1 aliphatic rings. The van der Waals surface area contributed by atoms with Crippen molar-refractivity contribution >= 4 is 11.9 Å². The molecule has 0 fully saturated rings. The molecule has 27 heavy (non-hydrogen) atoms. The maximum atomic E-state index is 12.1. The van der Waals surface area contributed by atoms with Gasteiger partial charge in [-0.15, -0.1) is 0 Å². The molecule has 2 rings (SSSR count). The average molecular weight is 371 g/mol. The van der Waals surface area contributed by atoms with Gasteiger partial charge in [0.1, 0.15) is 18.4 Å². The summed E-state index contributed by atoms with van der Waals surface area (Å²) in [6, 6.07) is 2.14. The summed E-state index contributed by atoms with van der Waals surface area (Å²) in [5.74, 6) is -0.330. The number of carbonyl (C=O) groups is 2. The van der Waals surface area contributed by atoms with Gasteiger partial charge in [0.2, 0.25) is 0 Å². The monoisotopic (exact) mass is 371 g/mol. The zero-order valence-corrected chi connectivity index (χ0v) is 16.5. The molecule has 1 aromatic carbocycles. The first-order valence-electron chi connectivity index (χ1n) is 8.97. The van der Waals surface area contributed by atoms with Gasteiger partial charge in [-0.3, -0.25) is 4.79 Å². The molecule has 1 aromatic rings. The molecular formula is C21H25NO5. The zero-order chi connectivity index (χ0) is 20.1. The second-order valence-corrected chi connectivity index (χ2v) is 6.67. The normalized spacial score (nSPS) is 14.2. The lowest BCUT2D eigenvalue weighted by Gasteiger charge is -2.16. The first-order chi connectivity index (χ1) is 12.8. The molecule has 0 N–H and O–H groups in total. The third kappa shape index (κ3) is 4.13. The van der Waals surface area contributed by atoms with E-state index in [9.17, 15) is 14.9 Å². The summed E-state index contributed by atoms with van der Waals surface area (Å²) in [5, 5.41) is 9.66. The number of ether oxygens (including phenoxy) is 3. The fourth-order valence-corrected chi connectivity index (χ4v) is 3.39. The summed E-state index contributed by atoms with van der Waals surface area (Å²) >= 11 is 0. The Morgan fingerprint density at radius 3 is 2.74 bits per heavy atom. The van der Waals surface area contributed by atoms with Crippen LogP contribution in [0.2, 0.25) is 0 Å². The van der Waals surface area contributed by atoms with Crippen LogP contribution in [0.5, 0.6) is 5.75 Å². The van der Waals surface area contributed by atoms with Crippen LogP contribution in [-0.2, 0) is 27.3 Å². The topological polar surface area (TPSA) is 85.6 Å². The summed E-state index contributed by atoms with van der Waals surface area (Å²) in [6.45, 7) is 7.93. The number of hydrogen-bond acceptors (Lipinski definition) is 6. The summed E-state index contributed by atoms with van der Waals surface area (Å²) in [6.07, 6.45) is 2.95. The van der Waals surface area contributed by atoms with Crippen LogP contribution in [0.1, 0.15) is 59.8 Å². The number of esters is 2. The molecule has 0 amide bonds. The molecule has 0 saturated carbocycles. The second-order valence-electron chi connectivity index (χ2n) is 6.67. The van der Waals surface area contributed by atoms with E-state index in [1.165, 1.54) is 0 Å². The lowest BCUT2D eigenvalue weighted by molar-refractivity contribution is -0.147. The molecule has 6 nitrogen and oxygen atoms in total. The van der Waals surface area contributed by atoms with E-state index in [0.29, 0.717) is 47.5 Å². The molecule has 1 unspecified atom stereocenters. The molecule has 0 aromatic heterocycles. The Hall–Kier alpha value is -2.81. The Bertz CT molecular complexity index is 832. The second kappa shape index (κ2) is 8.72. The Balaban J connectivity index is 2.35. The number of rotatable bonds is 7. The van der Waals surface area contributed by atoms with Crippen molar-refractivity contribution in [2.45, 2.75) is 47.1 Å². The van der Waals surface area contributed by atoms with Gasteiger partial charge < -0.3 is 14.2 Å². The number of fused-ring (bicyclic) bond motifs is 1. The first kappa shape index (κ1) is 20.5. The fourth-order valence-electron chi connectivity index (χ4n) is 3.39. The highest BCUT2D eigenvalue weighted by atomic mass is 16.5. The van der Waals surface area contributed by atoms with Crippen LogP contribution in [0.4, 0.5) is 0 Å². The standard InChI is InChI=1S/C21H25NO5/c1-6-26-20(23)13(3)9-12(2)7-8-15-16(10-22)18-17(11-27-21(18)24)14(4)19(15)25-5/h7,13H,6,8-9,11H2,1-5H3/b12-7+. The van der Waals surface area contributed by atoms with Crippen molar-refractivity contribution in [1.29, 1.82) is 5.26 Å². The largest absolute Gasteiger partial charge is 0.496 e. The van der Waals surface area contributed by atoms with Crippen LogP contribution in [-0.4, -0.2) is 25.7 Å². The van der Waals surface area contributed by atoms with E-state index in [-0.39, 0.29) is 18.5 Å². The molecule has 144 valence electrons. The van der Waals surface area contributed by atoms with E-state index in [1.807, 2.05) is 26.8 Å². The van der Waals surface area contributed by atoms with Crippen molar-refractivity contribution in [3.05, 3.63) is 39.5 Å². The van der Waals surface area contributed by atoms with Gasteiger partial charge >= 0.3 is 11.9 Å². The third-order valence-electron chi connectivity index (χ3n) is 4.76. The van der Waals surface area contributed by atoms with Crippen LogP contribution >= 0.6 is 0 Å². The summed E-state index contributed by atoms with van der Waals surface area (Å²) < 4.78 is 15.7. The van der Waals surface area contributed by atoms with Gasteiger partial charge in [-0.05, 0) is 39.2 Å². The van der Waals surface area contributed by atoms with Crippen LogP contribution in [0, 0.1) is 24.2 Å². The lowest BCUT2D eigenvalue weighted by Crippen LogP contribution is -2.15. The highest BCUT2D eigenvalue weighted by Crippen LogP contribution is 2.37. The van der Waals surface area contributed by atoms with E-state index in [2.05, 4.69) is 6.07 Å². The third-order valence-corrected chi connectivity index (χ3v) is 4.76. The number of nitrogens with zero attached hydrogens (tertiary/aromatic N) is 1. The number of nitriles is 1. The molecule has 1 atom stereocenters.